The van der Waals surface area contributed by atoms with Crippen molar-refractivity contribution < 1.29 is 58.1 Å². The minimum Gasteiger partial charge on any atom is -0.481 e. The third-order valence-electron chi connectivity index (χ3n) is 14.9. The second-order valence-electron chi connectivity index (χ2n) is 23.6. The summed E-state index contributed by atoms with van der Waals surface area (Å²) in [5.74, 6) is 0.361. The van der Waals surface area contributed by atoms with E-state index >= 15 is 0 Å². The van der Waals surface area contributed by atoms with Crippen LogP contribution < -0.4 is 36.8 Å². The van der Waals surface area contributed by atoms with Crippen molar-refractivity contribution in [2.24, 2.45) is 17.3 Å². The Morgan fingerprint density at radius 1 is 0.718 bits per heavy atom. The molecule has 0 bridgehead atoms. The zero-order valence-corrected chi connectivity index (χ0v) is 50.7. The molecule has 1 unspecified atom stereocenters. The number of carbonyl (C=O) groups excluding carboxylic acids is 7. The van der Waals surface area contributed by atoms with E-state index in [1.807, 2.05) is 115 Å². The van der Waals surface area contributed by atoms with Crippen molar-refractivity contribution in [3.05, 3.63) is 142 Å². The Bertz CT molecular complexity index is 3190. The van der Waals surface area contributed by atoms with Crippen LogP contribution in [0.3, 0.4) is 0 Å². The zero-order chi connectivity index (χ0) is 62.9. The summed E-state index contributed by atoms with van der Waals surface area (Å²) in [5.41, 5.74) is 3.82. The summed E-state index contributed by atoms with van der Waals surface area (Å²) in [5, 5.41) is 36.0. The Kier molecular flexibility index (Phi) is 23.7. The van der Waals surface area contributed by atoms with Crippen LogP contribution in [0, 0.1) is 29.1 Å². The van der Waals surface area contributed by atoms with E-state index in [2.05, 4.69) is 43.7 Å². The molecule has 4 aromatic carbocycles. The van der Waals surface area contributed by atoms with E-state index in [0.717, 1.165) is 16.7 Å². The van der Waals surface area contributed by atoms with Crippen molar-refractivity contribution in [2.45, 2.75) is 150 Å². The number of carboxylic acid groups (broad SMARTS) is 2. The molecule has 0 saturated carbocycles. The number of carbonyl (C=O) groups is 9. The number of benzene rings is 4. The van der Waals surface area contributed by atoms with Crippen LogP contribution in [0.4, 0.5) is 16.2 Å². The number of likely N-dealkylation sites (N-methyl/N-ethyl adjacent to an activating group) is 2. The molecule has 0 spiro atoms. The van der Waals surface area contributed by atoms with Crippen molar-refractivity contribution in [1.29, 1.82) is 0 Å². The van der Waals surface area contributed by atoms with Gasteiger partial charge in [-0.25, -0.2) is 9.59 Å². The molecule has 1 aliphatic rings. The highest BCUT2D eigenvalue weighted by Crippen LogP contribution is 2.31. The fourth-order valence-electron chi connectivity index (χ4n) is 9.80. The van der Waals surface area contributed by atoms with Crippen molar-refractivity contribution >= 4 is 64.8 Å². The van der Waals surface area contributed by atoms with Gasteiger partial charge in [0, 0.05) is 60.7 Å². The smallest absolute Gasteiger partial charge is 0.407 e. The number of amides is 7. The number of aliphatic carboxylic acids is 2. The standard InChI is InChI=1S/C65H82N8O12/c1-39(2)51(34-41(5)62(82)83)72(12)61(81)57(64(6,7)8)71-60(80)56(66-11)65(9,10)47-22-17-18-43(35-47)36-67-63(84)85-38-42-24-28-48(29-25-42)68-58(78)49(30-33-54(76)77)69-59(79)55(40(3)4)70-52(74)31-32-53(75)73-37-46-21-14-13-19-44(46)26-27-45-20-15-16-23-50(45)73/h13-25,28-29,34-35,39-40,49,51,55-57,66H,30-33,36-38H2,1-12H3,(H,67,84)(H,68,78)(H,69,79)(H,70,74)(H,71,80)(H,76,77)(H,82,83)/b41-34+/t49-,51+,55-,56?,57+/m0/s1. The fraction of sp³-hybridized carbons (Fsp3) is 0.431. The number of para-hydroxylation sites is 1. The Hall–Kier alpha value is -8.83. The van der Waals surface area contributed by atoms with Gasteiger partial charge in [0.1, 0.15) is 24.7 Å². The number of alkyl carbamates (subject to hydrolysis) is 1. The van der Waals surface area contributed by atoms with Crippen molar-refractivity contribution in [1.82, 2.24) is 31.5 Å². The average Bonchev–Trinajstić information content (AvgIpc) is 3.43. The summed E-state index contributed by atoms with van der Waals surface area (Å²) in [6, 6.07) is 23.7. The molecule has 0 fully saturated rings. The highest BCUT2D eigenvalue weighted by Gasteiger charge is 2.42. The third kappa shape index (κ3) is 18.8. The molecule has 85 heavy (non-hydrogen) atoms. The number of hydrogen-bond donors (Lipinski definition) is 8. The van der Waals surface area contributed by atoms with Crippen LogP contribution in [0.5, 0.6) is 0 Å². The molecule has 1 aliphatic heterocycles. The number of nitrogens with one attached hydrogen (secondary N) is 6. The first-order valence-electron chi connectivity index (χ1n) is 28.4. The number of rotatable bonds is 26. The molecule has 20 nitrogen and oxygen atoms in total. The van der Waals surface area contributed by atoms with E-state index in [1.54, 1.807) is 69.3 Å². The molecule has 0 radical (unpaired) electrons. The fourth-order valence-corrected chi connectivity index (χ4v) is 9.80. The van der Waals surface area contributed by atoms with Gasteiger partial charge in [-0.1, -0.05) is 147 Å². The molecule has 0 saturated heterocycles. The first-order valence-corrected chi connectivity index (χ1v) is 28.4. The van der Waals surface area contributed by atoms with Crippen LogP contribution in [0.25, 0.3) is 0 Å². The van der Waals surface area contributed by atoms with Crippen molar-refractivity contribution in [3.8, 4) is 11.8 Å². The van der Waals surface area contributed by atoms with E-state index in [4.69, 9.17) is 4.74 Å². The van der Waals surface area contributed by atoms with Crippen LogP contribution in [0.1, 0.15) is 128 Å². The monoisotopic (exact) mass is 1170 g/mol. The number of nitrogens with zero attached hydrogens (tertiary/aromatic N) is 2. The van der Waals surface area contributed by atoms with Crippen LogP contribution >= 0.6 is 0 Å². The highest BCUT2D eigenvalue weighted by atomic mass is 16.5. The Labute approximate surface area is 498 Å². The molecule has 454 valence electrons. The molecule has 20 heteroatoms. The van der Waals surface area contributed by atoms with Gasteiger partial charge in [-0.05, 0) is 90.2 Å². The van der Waals surface area contributed by atoms with Crippen LogP contribution in [-0.4, -0.2) is 113 Å². The lowest BCUT2D eigenvalue weighted by molar-refractivity contribution is -0.141. The number of hydrogen-bond acceptors (Lipinski definition) is 11. The van der Waals surface area contributed by atoms with Crippen molar-refractivity contribution in [3.63, 3.8) is 0 Å². The van der Waals surface area contributed by atoms with Gasteiger partial charge < -0.3 is 56.7 Å². The summed E-state index contributed by atoms with van der Waals surface area (Å²) < 4.78 is 5.49. The Morgan fingerprint density at radius 3 is 1.99 bits per heavy atom. The van der Waals surface area contributed by atoms with Gasteiger partial charge in [0.2, 0.25) is 35.4 Å². The Morgan fingerprint density at radius 2 is 1.36 bits per heavy atom. The summed E-state index contributed by atoms with van der Waals surface area (Å²) in [4.78, 5) is 122. The molecule has 0 aromatic heterocycles. The predicted molar refractivity (Wildman–Crippen MR) is 323 cm³/mol. The van der Waals surface area contributed by atoms with Gasteiger partial charge in [0.15, 0.2) is 0 Å². The minimum atomic E-state index is -1.31. The van der Waals surface area contributed by atoms with Crippen LogP contribution in [-0.2, 0) is 68.2 Å². The molecular weight excluding hydrogens is 1080 g/mol. The molecule has 4 aromatic rings. The molecule has 1 heterocycles. The largest absolute Gasteiger partial charge is 0.481 e. The van der Waals surface area contributed by atoms with Gasteiger partial charge in [0.25, 0.3) is 0 Å². The van der Waals surface area contributed by atoms with E-state index in [-0.39, 0.29) is 62.3 Å². The first kappa shape index (κ1) is 67.0. The number of fused-ring (bicyclic) bond motifs is 2. The maximum Gasteiger partial charge on any atom is 0.407 e. The lowest BCUT2D eigenvalue weighted by Gasteiger charge is -2.40. The van der Waals surface area contributed by atoms with Crippen LogP contribution in [0.2, 0.25) is 0 Å². The quantitative estimate of drug-likeness (QED) is 0.0229. The normalized spacial score (nSPS) is 14.0. The number of ether oxygens (including phenoxy) is 1. The number of anilines is 2. The number of carboxylic acids is 2. The molecule has 8 N–H and O–H groups in total. The summed E-state index contributed by atoms with van der Waals surface area (Å²) in [6.07, 6.45) is -0.298. The van der Waals surface area contributed by atoms with Gasteiger partial charge in [0.05, 0.1) is 24.3 Å². The molecular formula is C65H82N8O12. The maximum absolute atomic E-state index is 14.2. The van der Waals surface area contributed by atoms with E-state index < -0.39 is 95.0 Å². The first-order chi connectivity index (χ1) is 40.0. The second-order valence-corrected chi connectivity index (χ2v) is 23.6. The molecule has 5 rings (SSSR count). The zero-order valence-electron chi connectivity index (χ0n) is 50.7. The predicted octanol–water partition coefficient (Wildman–Crippen LogP) is 7.18. The van der Waals surface area contributed by atoms with Gasteiger partial charge in [-0.3, -0.25) is 33.6 Å². The Balaban J connectivity index is 1.14. The van der Waals surface area contributed by atoms with Crippen molar-refractivity contribution in [2.75, 3.05) is 24.3 Å². The summed E-state index contributed by atoms with van der Waals surface area (Å²) >= 11 is 0. The van der Waals surface area contributed by atoms with Gasteiger partial charge in [-0.2, -0.15) is 0 Å². The minimum absolute atomic E-state index is 0.0796. The molecule has 0 aliphatic carbocycles. The summed E-state index contributed by atoms with van der Waals surface area (Å²) in [6.45, 7) is 18.2. The van der Waals surface area contributed by atoms with Gasteiger partial charge >= 0.3 is 18.0 Å². The summed E-state index contributed by atoms with van der Waals surface area (Å²) in [7, 11) is 3.26. The lowest BCUT2D eigenvalue weighted by Crippen LogP contribution is -2.61. The highest BCUT2D eigenvalue weighted by molar-refractivity contribution is 6.00. The average molecular weight is 1170 g/mol. The van der Waals surface area contributed by atoms with E-state index in [9.17, 15) is 53.4 Å². The third-order valence-corrected chi connectivity index (χ3v) is 14.9. The topological polar surface area (TPSA) is 282 Å². The van der Waals surface area contributed by atoms with Crippen LogP contribution in [0.15, 0.2) is 109 Å². The second kappa shape index (κ2) is 30.1. The van der Waals surface area contributed by atoms with Gasteiger partial charge in [-0.15, -0.1) is 0 Å². The molecule has 7 amide bonds. The van der Waals surface area contributed by atoms with E-state index in [1.165, 1.54) is 11.8 Å². The molecule has 5 atom stereocenters. The van der Waals surface area contributed by atoms with E-state index in [0.29, 0.717) is 28.1 Å². The maximum atomic E-state index is 14.2. The SMILES string of the molecule is CNC(C(=O)N[C@H](C(=O)N(C)[C@H](/C=C(\C)C(=O)O)C(C)C)C(C)(C)C)C(C)(C)c1cccc(CNC(=O)OCc2ccc(NC(=O)[C@H](CCC(=O)O)NC(=O)[C@@H](NC(=O)CCC(=O)N3Cc4ccccc4C#Cc4ccccc43)C(C)C)cc2)c1. The lowest BCUT2D eigenvalue weighted by atomic mass is 9.76.